The average molecular weight is 615 g/mol. The van der Waals surface area contributed by atoms with E-state index in [-0.39, 0.29) is 19.3 Å². The SMILES string of the molecule is COc1ccc(C2C3Nc4ccc(Cl)cc4C3CCN2c2nc(-c3ccccc3)c(C(=O)c3ccc(Cl)cc3)s2)cc1.[HH]. The molecule has 4 aromatic carbocycles. The highest BCUT2D eigenvalue weighted by Crippen LogP contribution is 2.51. The fraction of sp³-hybridized carbons (Fsp3) is 0.176. The molecule has 0 bridgehead atoms. The number of anilines is 2. The molecule has 2 aliphatic heterocycles. The predicted molar refractivity (Wildman–Crippen MR) is 174 cm³/mol. The zero-order valence-electron chi connectivity index (χ0n) is 22.8. The molecule has 5 aromatic rings. The van der Waals surface area contributed by atoms with E-state index in [1.807, 2.05) is 48.5 Å². The maximum Gasteiger partial charge on any atom is 0.205 e. The van der Waals surface area contributed by atoms with Gasteiger partial charge in [0, 0.05) is 40.7 Å². The second-order valence-corrected chi connectivity index (χ2v) is 12.4. The number of nitrogens with one attached hydrogen (secondary N) is 1. The molecule has 42 heavy (non-hydrogen) atoms. The summed E-state index contributed by atoms with van der Waals surface area (Å²) in [5.74, 6) is 1.04. The van der Waals surface area contributed by atoms with Crippen molar-refractivity contribution in [3.05, 3.63) is 129 Å². The van der Waals surface area contributed by atoms with Crippen LogP contribution in [0.2, 0.25) is 10.0 Å². The van der Waals surface area contributed by atoms with Gasteiger partial charge in [-0.3, -0.25) is 4.79 Å². The Bertz CT molecular complexity index is 1760. The number of methoxy groups -OCH3 is 1. The highest BCUT2D eigenvalue weighted by Gasteiger charge is 2.45. The fourth-order valence-electron chi connectivity index (χ4n) is 6.20. The van der Waals surface area contributed by atoms with Crippen LogP contribution in [0.1, 0.15) is 46.2 Å². The number of aromatic nitrogens is 1. The molecule has 1 aromatic heterocycles. The van der Waals surface area contributed by atoms with E-state index >= 15 is 0 Å². The molecule has 3 heterocycles. The summed E-state index contributed by atoms with van der Waals surface area (Å²) >= 11 is 14.0. The Kier molecular flexibility index (Phi) is 7.14. The second-order valence-electron chi connectivity index (χ2n) is 10.6. The van der Waals surface area contributed by atoms with E-state index in [1.165, 1.54) is 16.9 Å². The zero-order chi connectivity index (χ0) is 28.8. The maximum absolute atomic E-state index is 13.9. The van der Waals surface area contributed by atoms with Crippen LogP contribution >= 0.6 is 34.5 Å². The van der Waals surface area contributed by atoms with Crippen LogP contribution < -0.4 is 15.0 Å². The number of rotatable bonds is 6. The monoisotopic (exact) mass is 613 g/mol. The van der Waals surface area contributed by atoms with Crippen molar-refractivity contribution in [2.24, 2.45) is 0 Å². The van der Waals surface area contributed by atoms with Crippen LogP contribution in [0.3, 0.4) is 0 Å². The van der Waals surface area contributed by atoms with Gasteiger partial charge in [-0.25, -0.2) is 4.98 Å². The molecule has 1 fully saturated rings. The van der Waals surface area contributed by atoms with E-state index in [2.05, 4.69) is 34.5 Å². The Hall–Kier alpha value is -3.84. The van der Waals surface area contributed by atoms with E-state index < -0.39 is 0 Å². The average Bonchev–Trinajstić information content (AvgIpc) is 3.63. The van der Waals surface area contributed by atoms with Crippen LogP contribution in [0.5, 0.6) is 5.75 Å². The molecule has 1 saturated heterocycles. The topological polar surface area (TPSA) is 54.5 Å². The smallest absolute Gasteiger partial charge is 0.205 e. The molecule has 2 aliphatic rings. The number of hydrogen-bond acceptors (Lipinski definition) is 6. The standard InChI is InChI=1S/C34H27Cl2N3O2S.H2/c1-41-25-14-9-21(10-15-25)31-30-26(27-19-24(36)13-16-28(27)37-30)17-18-39(31)34-38-29(20-5-3-2-4-6-20)33(42-34)32(40)22-7-11-23(35)12-8-22;/h2-16,19,26,30-31,37H,17-18H2,1H3;1H. The maximum atomic E-state index is 13.9. The van der Waals surface area contributed by atoms with E-state index in [0.717, 1.165) is 45.7 Å². The van der Waals surface area contributed by atoms with Crippen molar-refractivity contribution in [3.63, 3.8) is 0 Å². The Morgan fingerprint density at radius 1 is 0.976 bits per heavy atom. The molecule has 0 radical (unpaired) electrons. The van der Waals surface area contributed by atoms with Crippen LogP contribution in [-0.2, 0) is 0 Å². The molecular formula is C34H29Cl2N3O2S. The van der Waals surface area contributed by atoms with Gasteiger partial charge in [0.2, 0.25) is 5.78 Å². The van der Waals surface area contributed by atoms with E-state index in [4.69, 9.17) is 32.9 Å². The van der Waals surface area contributed by atoms with Gasteiger partial charge in [-0.2, -0.15) is 0 Å². The number of carbonyl (C=O) groups is 1. The first-order chi connectivity index (χ1) is 20.5. The number of carbonyl (C=O) groups excluding carboxylic acids is 1. The summed E-state index contributed by atoms with van der Waals surface area (Å²) in [5, 5.41) is 5.98. The van der Waals surface area contributed by atoms with E-state index in [1.54, 1.807) is 31.4 Å². The number of halogens is 2. The largest absolute Gasteiger partial charge is 0.497 e. The van der Waals surface area contributed by atoms with E-state index in [0.29, 0.717) is 27.1 Å². The highest BCUT2D eigenvalue weighted by molar-refractivity contribution is 7.18. The molecule has 212 valence electrons. The zero-order valence-corrected chi connectivity index (χ0v) is 25.1. The van der Waals surface area contributed by atoms with Crippen molar-refractivity contribution in [3.8, 4) is 17.0 Å². The third-order valence-electron chi connectivity index (χ3n) is 8.20. The van der Waals surface area contributed by atoms with Crippen molar-refractivity contribution in [2.75, 3.05) is 23.9 Å². The number of ketones is 1. The molecule has 0 spiro atoms. The number of hydrogen-bond donors (Lipinski definition) is 1. The molecule has 8 heteroatoms. The van der Waals surface area contributed by atoms with E-state index in [9.17, 15) is 4.79 Å². The van der Waals surface area contributed by atoms with Gasteiger partial charge in [-0.15, -0.1) is 0 Å². The molecule has 0 aliphatic carbocycles. The van der Waals surface area contributed by atoms with Crippen molar-refractivity contribution in [1.82, 2.24) is 4.98 Å². The van der Waals surface area contributed by atoms with Crippen LogP contribution in [-0.4, -0.2) is 30.5 Å². The molecule has 1 N–H and O–H groups in total. The first kappa shape index (κ1) is 27.0. The van der Waals surface area contributed by atoms with Crippen LogP contribution in [0.4, 0.5) is 10.8 Å². The summed E-state index contributed by atoms with van der Waals surface area (Å²) in [6, 6.07) is 31.4. The number of piperidine rings is 1. The number of fused-ring (bicyclic) bond motifs is 3. The van der Waals surface area contributed by atoms with Gasteiger partial charge >= 0.3 is 0 Å². The summed E-state index contributed by atoms with van der Waals surface area (Å²) in [6.45, 7) is 0.780. The lowest BCUT2D eigenvalue weighted by atomic mass is 9.81. The number of nitrogens with zero attached hydrogens (tertiary/aromatic N) is 2. The Morgan fingerprint density at radius 2 is 1.71 bits per heavy atom. The third-order valence-corrected chi connectivity index (χ3v) is 9.78. The van der Waals surface area contributed by atoms with Crippen LogP contribution in [0.15, 0.2) is 97.1 Å². The number of benzene rings is 4. The summed E-state index contributed by atoms with van der Waals surface area (Å²) in [7, 11) is 1.68. The van der Waals surface area contributed by atoms with Crippen LogP contribution in [0, 0.1) is 0 Å². The van der Waals surface area contributed by atoms with Gasteiger partial charge in [0.05, 0.1) is 24.9 Å². The lowest BCUT2D eigenvalue weighted by Crippen LogP contribution is -2.46. The number of thiazole rings is 1. The summed E-state index contributed by atoms with van der Waals surface area (Å²) < 4.78 is 5.46. The third kappa shape index (κ3) is 4.83. The Morgan fingerprint density at radius 3 is 2.45 bits per heavy atom. The predicted octanol–water partition coefficient (Wildman–Crippen LogP) is 9.13. The Labute approximate surface area is 260 Å². The molecule has 3 atom stereocenters. The quantitative estimate of drug-likeness (QED) is 0.193. The Balaban J connectivity index is 0.00000329. The van der Waals surface area contributed by atoms with Gasteiger partial charge in [0.25, 0.3) is 0 Å². The summed E-state index contributed by atoms with van der Waals surface area (Å²) in [4.78, 5) is 22.1. The molecular weight excluding hydrogens is 585 g/mol. The second kappa shape index (κ2) is 11.1. The van der Waals surface area contributed by atoms with Gasteiger partial charge in [-0.1, -0.05) is 77.0 Å². The first-order valence-electron chi connectivity index (χ1n) is 13.8. The van der Waals surface area contributed by atoms with Gasteiger partial charge < -0.3 is 15.0 Å². The van der Waals surface area contributed by atoms with Crippen molar-refractivity contribution < 1.29 is 11.0 Å². The molecule has 7 rings (SSSR count). The fourth-order valence-corrected chi connectivity index (χ4v) is 7.62. The van der Waals surface area contributed by atoms with Crippen molar-refractivity contribution in [2.45, 2.75) is 24.4 Å². The normalized spacial score (nSPS) is 19.1. The summed E-state index contributed by atoms with van der Waals surface area (Å²) in [5.41, 5.74) is 5.72. The minimum absolute atomic E-state index is 0. The van der Waals surface area contributed by atoms with Gasteiger partial charge in [0.15, 0.2) is 5.13 Å². The van der Waals surface area contributed by atoms with Crippen molar-refractivity contribution in [1.29, 1.82) is 0 Å². The molecule has 3 unspecified atom stereocenters. The number of ether oxygens (including phenoxy) is 1. The molecule has 5 nitrogen and oxygen atoms in total. The lowest BCUT2D eigenvalue weighted by Gasteiger charge is -2.43. The first-order valence-corrected chi connectivity index (χ1v) is 15.4. The molecule has 0 saturated carbocycles. The lowest BCUT2D eigenvalue weighted by molar-refractivity contribution is 0.104. The summed E-state index contributed by atoms with van der Waals surface area (Å²) in [6.07, 6.45) is 0.929. The van der Waals surface area contributed by atoms with Gasteiger partial charge in [-0.05, 0) is 72.1 Å². The van der Waals surface area contributed by atoms with Crippen molar-refractivity contribution >= 4 is 51.1 Å². The minimum atomic E-state index is -0.0637. The van der Waals surface area contributed by atoms with Crippen LogP contribution in [0.25, 0.3) is 11.3 Å². The molecule has 0 amide bonds. The minimum Gasteiger partial charge on any atom is -0.497 e. The highest BCUT2D eigenvalue weighted by atomic mass is 35.5. The van der Waals surface area contributed by atoms with Gasteiger partial charge in [0.1, 0.15) is 10.6 Å².